The van der Waals surface area contributed by atoms with E-state index in [0.717, 1.165) is 56.0 Å². The average Bonchev–Trinajstić information content (AvgIpc) is 0.749. The lowest BCUT2D eigenvalue weighted by atomic mass is 10.1. The fourth-order valence-corrected chi connectivity index (χ4v) is 19.8. The molecule has 13 nitrogen and oxygen atoms in total. The molecule has 0 aliphatic heterocycles. The Morgan fingerprint density at radius 2 is 0.417 bits per heavy atom. The van der Waals surface area contributed by atoms with E-state index in [2.05, 4.69) is 279 Å². The smallest absolute Gasteiger partial charge is 0.373 e. The topological polar surface area (TPSA) is 222 Å². The van der Waals surface area contributed by atoms with E-state index in [1.165, 1.54) is 132 Å². The molecule has 0 atom stereocenters. The van der Waals surface area contributed by atoms with Gasteiger partial charge < -0.3 is 17.0 Å². The summed E-state index contributed by atoms with van der Waals surface area (Å²) in [6.07, 6.45) is 19.1. The Morgan fingerprint density at radius 3 is 0.639 bits per heavy atom. The third-order valence-corrected chi connectivity index (χ3v) is 26.6. The number of hydrogen-bond donors (Lipinski definition) is 0. The molecule has 724 valence electrons. The van der Waals surface area contributed by atoms with Crippen molar-refractivity contribution >= 4 is 155 Å². The van der Waals surface area contributed by atoms with Gasteiger partial charge in [-0.3, -0.25) is 4.79 Å². The van der Waals surface area contributed by atoms with Gasteiger partial charge in [-0.15, -0.1) is 0 Å². The zero-order valence-electron chi connectivity index (χ0n) is 78.4. The van der Waals surface area contributed by atoms with Crippen molar-refractivity contribution in [2.45, 2.75) is 32.3 Å². The average molecular weight is 2090 g/mol. The van der Waals surface area contributed by atoms with Crippen LogP contribution in [0.25, 0.3) is 48.6 Å². The summed E-state index contributed by atoms with van der Waals surface area (Å²) in [5, 5.41) is 9.45. The Labute approximate surface area is 856 Å². The van der Waals surface area contributed by atoms with Crippen LogP contribution in [0.5, 0.6) is 0 Å². The molecular formula is C122H99Br2F5O13P2. The van der Waals surface area contributed by atoms with Crippen LogP contribution in [0.15, 0.2) is 467 Å². The molecule has 22 heteroatoms. The highest BCUT2D eigenvalue weighted by Crippen LogP contribution is 2.58. The molecule has 0 aromatic heterocycles. The Hall–Kier alpha value is -16.9. The Balaban J connectivity index is 0.000000419. The highest BCUT2D eigenvalue weighted by Gasteiger charge is 2.45. The number of carbonyl (C=O) groups excluding carboxylic acids is 13. The lowest BCUT2D eigenvalue weighted by molar-refractivity contribution is -0.193. The second kappa shape index (κ2) is 76.1. The van der Waals surface area contributed by atoms with Crippen LogP contribution in [0.4, 0.5) is 22.0 Å². The van der Waals surface area contributed by atoms with Crippen LogP contribution in [-0.4, -0.2) is 43.2 Å². The molecule has 0 N–H and O–H groups in total. The van der Waals surface area contributed by atoms with E-state index in [1.54, 1.807) is 48.5 Å². The molecular weight excluding hydrogens is 1990 g/mol. The molecule has 0 aliphatic rings. The van der Waals surface area contributed by atoms with Gasteiger partial charge in [0.25, 0.3) is 0 Å². The number of benzene rings is 17. The molecule has 0 radical (unpaired) electrons. The molecule has 0 spiro atoms. The van der Waals surface area contributed by atoms with Gasteiger partial charge in [-0.05, 0) is 209 Å². The number of hydrogen-bond acceptors (Lipinski definition) is 13. The first-order valence-electron chi connectivity index (χ1n) is 43.5. The van der Waals surface area contributed by atoms with Crippen LogP contribution in [0.2, 0.25) is 0 Å². The van der Waals surface area contributed by atoms with Crippen molar-refractivity contribution in [3.8, 4) is 0 Å². The lowest BCUT2D eigenvalue weighted by Crippen LogP contribution is -3.00. The summed E-state index contributed by atoms with van der Waals surface area (Å²) >= 11 is 3.39. The fourth-order valence-electron chi connectivity index (χ4n) is 12.9. The number of halogens is 7. The van der Waals surface area contributed by atoms with Crippen LogP contribution < -0.4 is 48.8 Å². The van der Waals surface area contributed by atoms with Crippen LogP contribution >= 0.6 is 31.1 Å². The number of alkyl halides is 1. The van der Waals surface area contributed by atoms with Gasteiger partial charge in [0.1, 0.15) is 58.5 Å². The van der Waals surface area contributed by atoms with Gasteiger partial charge in [-0.25, -0.2) is 22.0 Å². The number of aldehydes is 1. The molecule has 17 rings (SSSR count). The Morgan fingerprint density at radius 1 is 0.229 bits per heavy atom. The molecule has 0 heterocycles. The SMILES string of the molecule is Cc1cccc(/C=C/c2ccc(F)cc2)c1.Cc1cccc(CBr)c1.Cc1cccc(C[P+](c2ccccc2)(c2ccccc2)c2ccccc2)c1.Fc1ccc(/C=C/c2ccccc2)cc1.Fc1ccc(/C=C/c2ccccc2)cc1.Fc1ccc(/C=C\c2ccccc2)cc1.O=C=O.O=C=O.O=C=O.O=C=O.O=C=O.O=C=O.O=Cc1ccc(F)cc1.[Br-].c1ccc(P(c2ccccc2)c2ccccc2)cc1. The Bertz CT molecular complexity index is 6240. The molecule has 0 fully saturated rings. The van der Waals surface area contributed by atoms with Gasteiger partial charge in [-0.2, -0.15) is 57.5 Å². The summed E-state index contributed by atoms with van der Waals surface area (Å²) in [5.41, 5.74) is 15.7. The first kappa shape index (κ1) is 121. The van der Waals surface area contributed by atoms with Crippen molar-refractivity contribution in [1.82, 2.24) is 0 Å². The summed E-state index contributed by atoms with van der Waals surface area (Å²) in [6.45, 7) is 6.35. The van der Waals surface area contributed by atoms with E-state index >= 15 is 0 Å². The van der Waals surface area contributed by atoms with Gasteiger partial charge in [0.05, 0.1) is 6.16 Å². The summed E-state index contributed by atoms with van der Waals surface area (Å²) < 4.78 is 62.7. The van der Waals surface area contributed by atoms with E-state index in [-0.39, 0.29) is 83.0 Å². The van der Waals surface area contributed by atoms with Crippen LogP contribution in [-0.2, 0) is 69.0 Å². The highest BCUT2D eigenvalue weighted by atomic mass is 79.9. The van der Waals surface area contributed by atoms with Crippen molar-refractivity contribution in [2.75, 3.05) is 0 Å². The number of aryl methyl sites for hydroxylation is 3. The monoisotopic (exact) mass is 2090 g/mol. The van der Waals surface area contributed by atoms with E-state index < -0.39 is 15.2 Å². The van der Waals surface area contributed by atoms with Gasteiger partial charge in [0.2, 0.25) is 0 Å². The maximum Gasteiger partial charge on any atom is 0.373 e. The molecule has 17 aromatic carbocycles. The molecule has 0 saturated heterocycles. The number of rotatable bonds is 18. The van der Waals surface area contributed by atoms with E-state index in [1.807, 2.05) is 152 Å². The van der Waals surface area contributed by atoms with Gasteiger partial charge in [0, 0.05) is 10.9 Å². The van der Waals surface area contributed by atoms with Crippen LogP contribution in [0.1, 0.15) is 82.7 Å². The molecule has 0 unspecified atom stereocenters. The molecule has 0 bridgehead atoms. The van der Waals surface area contributed by atoms with Crippen LogP contribution in [0.3, 0.4) is 0 Å². The third-order valence-electron chi connectivity index (χ3n) is 19.2. The maximum absolute atomic E-state index is 12.7. The van der Waals surface area contributed by atoms with Crippen molar-refractivity contribution in [3.63, 3.8) is 0 Å². The van der Waals surface area contributed by atoms with E-state index in [4.69, 9.17) is 57.5 Å². The zero-order valence-corrected chi connectivity index (χ0v) is 83.4. The number of carbonyl (C=O) groups is 1. The van der Waals surface area contributed by atoms with Crippen molar-refractivity contribution < 1.29 is 101 Å². The lowest BCUT2D eigenvalue weighted by Gasteiger charge is -2.28. The first-order valence-corrected chi connectivity index (χ1v) is 47.9. The van der Waals surface area contributed by atoms with Crippen molar-refractivity contribution in [2.24, 2.45) is 0 Å². The predicted octanol–water partition coefficient (Wildman–Crippen LogP) is 23.3. The fraction of sp³-hybridized carbons (Fsp3) is 0.0410. The minimum Gasteiger partial charge on any atom is -1.00 e. The Kier molecular flexibility index (Phi) is 64.1. The molecule has 0 amide bonds. The predicted molar refractivity (Wildman–Crippen MR) is 563 cm³/mol. The zero-order chi connectivity index (χ0) is 104. The van der Waals surface area contributed by atoms with Crippen LogP contribution in [0, 0.1) is 49.9 Å². The summed E-state index contributed by atoms with van der Waals surface area (Å²) in [4.78, 5) is 107. The van der Waals surface area contributed by atoms with E-state index in [0.29, 0.717) is 11.8 Å². The third kappa shape index (κ3) is 51.2. The van der Waals surface area contributed by atoms with E-state index in [9.17, 15) is 26.7 Å². The second-order valence-electron chi connectivity index (χ2n) is 29.3. The molecule has 0 aliphatic carbocycles. The highest BCUT2D eigenvalue weighted by molar-refractivity contribution is 9.08. The summed E-state index contributed by atoms with van der Waals surface area (Å²) in [7, 11) is -2.24. The largest absolute Gasteiger partial charge is 1.00 e. The minimum atomic E-state index is -1.79. The molecule has 17 aromatic rings. The summed E-state index contributed by atoms with van der Waals surface area (Å²) in [6, 6.07) is 152. The normalized spacial score (nSPS) is 9.57. The molecule has 0 saturated carbocycles. The standard InChI is InChI=1S/C26H24P.C18H15P.C15H13F.3C14H11F.C8H9Br.C7H5FO.6CO2.BrH/c1-22-12-11-13-23(20-22)21-27(24-14-5-2-6-15-24,25-16-7-3-8-17-25)26-18-9-4-10-19-26;1-4-10-16(11-5-1)19(17-12-6-2-7-13-17)18-14-8-3-9-15-18;1-12-3-2-4-14(11-12)6-5-13-7-9-15(16)10-8-13;3*15-14-10-8-13(9-11-14)7-6-12-4-2-1-3-5-12;1-7-3-2-4-8(5-7)6-9;8-7-3-1-6(5-9)2-4-7;6*2-1-3;/h2-20H,21H2,1H3;1-15H;2-11H,1H3;3*1-11H;2-5H,6H2,1H3;1-5H;;;;;;;1H/q+1;;;;;;;;;;;;;;/p-1/b;;6-5+;2*7-6+;7-6-;;;;;;;;;. The summed E-state index contributed by atoms with van der Waals surface area (Å²) in [5.74, 6) is -1.13. The second-order valence-corrected chi connectivity index (χ2v) is 35.5. The molecule has 144 heavy (non-hydrogen) atoms. The van der Waals surface area contributed by atoms with Gasteiger partial charge in [0.15, 0.2) is 0 Å². The maximum atomic E-state index is 12.7. The van der Waals surface area contributed by atoms with Gasteiger partial charge >= 0.3 is 36.9 Å². The first-order chi connectivity index (χ1) is 69.6. The van der Waals surface area contributed by atoms with Crippen molar-refractivity contribution in [3.05, 3.63) is 574 Å². The quantitative estimate of drug-likeness (QED) is 0.0257. The van der Waals surface area contributed by atoms with Crippen molar-refractivity contribution in [1.29, 1.82) is 0 Å². The van der Waals surface area contributed by atoms with Gasteiger partial charge in [-0.1, -0.05) is 439 Å². The minimum absolute atomic E-state index is 0.